The van der Waals surface area contributed by atoms with E-state index in [9.17, 15) is 4.79 Å². The Labute approximate surface area is 190 Å². The van der Waals surface area contributed by atoms with Crippen molar-refractivity contribution in [2.75, 3.05) is 36.7 Å². The SMILES string of the molecule is C=CC(=O)Nc1cccc(-n2cnc3c(N)nc(Nc4ccc(OCCOC)cc4)nc32)c1. The van der Waals surface area contributed by atoms with Gasteiger partial charge in [0.05, 0.1) is 12.3 Å². The number of rotatable bonds is 9. The summed E-state index contributed by atoms with van der Waals surface area (Å²) in [5, 5.41) is 5.89. The van der Waals surface area contributed by atoms with Crippen molar-refractivity contribution in [3.8, 4) is 11.4 Å². The van der Waals surface area contributed by atoms with Crippen molar-refractivity contribution in [3.05, 3.63) is 67.5 Å². The minimum absolute atomic E-state index is 0.247. The number of methoxy groups -OCH3 is 1. The van der Waals surface area contributed by atoms with Gasteiger partial charge < -0.3 is 25.8 Å². The molecule has 0 unspecified atom stereocenters. The fraction of sp³-hybridized carbons (Fsp3) is 0.130. The normalized spacial score (nSPS) is 10.7. The quantitative estimate of drug-likeness (QED) is 0.264. The maximum absolute atomic E-state index is 11.6. The van der Waals surface area contributed by atoms with Crippen LogP contribution in [0.3, 0.4) is 0 Å². The molecule has 10 nitrogen and oxygen atoms in total. The number of carbonyl (C=O) groups is 1. The Morgan fingerprint density at radius 1 is 1.15 bits per heavy atom. The average molecular weight is 445 g/mol. The summed E-state index contributed by atoms with van der Waals surface area (Å²) in [5.41, 5.74) is 9.28. The van der Waals surface area contributed by atoms with Crippen molar-refractivity contribution in [1.29, 1.82) is 0 Å². The summed E-state index contributed by atoms with van der Waals surface area (Å²) in [6.45, 7) is 4.46. The molecule has 0 aliphatic rings. The second-order valence-electron chi connectivity index (χ2n) is 6.95. The van der Waals surface area contributed by atoms with Crippen molar-refractivity contribution in [2.24, 2.45) is 0 Å². The number of hydrogen-bond donors (Lipinski definition) is 3. The maximum Gasteiger partial charge on any atom is 0.247 e. The van der Waals surface area contributed by atoms with E-state index in [4.69, 9.17) is 15.2 Å². The molecule has 4 aromatic rings. The Hall–Kier alpha value is -4.44. The minimum atomic E-state index is -0.296. The first-order valence-electron chi connectivity index (χ1n) is 10.1. The lowest BCUT2D eigenvalue weighted by Crippen LogP contribution is -2.08. The number of nitrogens with zero attached hydrogens (tertiary/aromatic N) is 4. The second kappa shape index (κ2) is 9.79. The van der Waals surface area contributed by atoms with Gasteiger partial charge in [-0.3, -0.25) is 9.36 Å². The molecule has 0 atom stereocenters. The molecule has 2 aromatic heterocycles. The molecule has 0 saturated carbocycles. The third-order valence-electron chi connectivity index (χ3n) is 4.67. The van der Waals surface area contributed by atoms with Crippen LogP contribution in [0.4, 0.5) is 23.1 Å². The molecule has 0 aliphatic heterocycles. The van der Waals surface area contributed by atoms with Gasteiger partial charge in [-0.15, -0.1) is 0 Å². The molecule has 0 saturated heterocycles. The zero-order valence-corrected chi connectivity index (χ0v) is 18.0. The van der Waals surface area contributed by atoms with Gasteiger partial charge in [-0.05, 0) is 48.5 Å². The van der Waals surface area contributed by atoms with Crippen molar-refractivity contribution in [1.82, 2.24) is 19.5 Å². The number of nitrogens with two attached hydrogens (primary N) is 1. The fourth-order valence-corrected chi connectivity index (χ4v) is 3.10. The number of aromatic nitrogens is 4. The van der Waals surface area contributed by atoms with Crippen molar-refractivity contribution in [2.45, 2.75) is 0 Å². The van der Waals surface area contributed by atoms with Crippen LogP contribution < -0.4 is 21.1 Å². The third-order valence-corrected chi connectivity index (χ3v) is 4.67. The zero-order valence-electron chi connectivity index (χ0n) is 18.0. The number of ether oxygens (including phenoxy) is 2. The van der Waals surface area contributed by atoms with Gasteiger partial charge in [0.1, 0.15) is 18.7 Å². The number of nitrogens with one attached hydrogen (secondary N) is 2. The van der Waals surface area contributed by atoms with Gasteiger partial charge in [0.25, 0.3) is 0 Å². The van der Waals surface area contributed by atoms with Crippen molar-refractivity contribution in [3.63, 3.8) is 0 Å². The molecule has 2 heterocycles. The Balaban J connectivity index is 1.60. The van der Waals surface area contributed by atoms with Gasteiger partial charge in [0, 0.05) is 18.5 Å². The zero-order chi connectivity index (χ0) is 23.2. The summed E-state index contributed by atoms with van der Waals surface area (Å²) in [5.74, 6) is 1.01. The average Bonchev–Trinajstić information content (AvgIpc) is 3.25. The van der Waals surface area contributed by atoms with Gasteiger partial charge in [-0.25, -0.2) is 4.98 Å². The largest absolute Gasteiger partial charge is 0.491 e. The molecular formula is C23H23N7O3. The summed E-state index contributed by atoms with van der Waals surface area (Å²) in [7, 11) is 1.63. The van der Waals surface area contributed by atoms with Crippen LogP contribution in [-0.4, -0.2) is 45.7 Å². The highest BCUT2D eigenvalue weighted by atomic mass is 16.5. The van der Waals surface area contributed by atoms with Crippen LogP contribution in [0.2, 0.25) is 0 Å². The van der Waals surface area contributed by atoms with Gasteiger partial charge in [0.2, 0.25) is 11.9 Å². The Bertz CT molecular complexity index is 1290. The number of benzene rings is 2. The molecule has 2 aromatic carbocycles. The molecule has 0 aliphatic carbocycles. The van der Waals surface area contributed by atoms with E-state index in [1.807, 2.05) is 36.4 Å². The van der Waals surface area contributed by atoms with Gasteiger partial charge in [-0.2, -0.15) is 9.97 Å². The standard InChI is InChI=1S/C23H23N7O3/c1-3-19(31)26-16-5-4-6-17(13-16)30-14-25-20-21(24)28-23(29-22(20)30)27-15-7-9-18(10-8-15)33-12-11-32-2/h3-10,13-14H,1,11-12H2,2H3,(H,26,31)(H3,24,27,28,29). The predicted molar refractivity (Wildman–Crippen MR) is 127 cm³/mol. The summed E-state index contributed by atoms with van der Waals surface area (Å²) < 4.78 is 12.3. The van der Waals surface area contributed by atoms with Crippen molar-refractivity contribution >= 4 is 40.2 Å². The van der Waals surface area contributed by atoms with Crippen LogP contribution in [0.25, 0.3) is 16.9 Å². The molecule has 4 N–H and O–H groups in total. The second-order valence-corrected chi connectivity index (χ2v) is 6.95. The number of carbonyl (C=O) groups excluding carboxylic acids is 1. The van der Waals surface area contributed by atoms with Crippen LogP contribution in [0.1, 0.15) is 0 Å². The van der Waals surface area contributed by atoms with Gasteiger partial charge >= 0.3 is 0 Å². The molecular weight excluding hydrogens is 422 g/mol. The van der Waals surface area contributed by atoms with E-state index in [0.717, 1.165) is 17.1 Å². The first kappa shape index (κ1) is 21.8. The summed E-state index contributed by atoms with van der Waals surface area (Å²) in [4.78, 5) is 24.9. The number of hydrogen-bond acceptors (Lipinski definition) is 8. The van der Waals surface area contributed by atoms with Gasteiger partial charge in [0.15, 0.2) is 17.0 Å². The summed E-state index contributed by atoms with van der Waals surface area (Å²) in [6, 6.07) is 14.7. The lowest BCUT2D eigenvalue weighted by atomic mass is 10.2. The molecule has 33 heavy (non-hydrogen) atoms. The number of imidazole rings is 1. The fourth-order valence-electron chi connectivity index (χ4n) is 3.10. The first-order chi connectivity index (χ1) is 16.1. The molecule has 168 valence electrons. The molecule has 0 spiro atoms. The highest BCUT2D eigenvalue weighted by Gasteiger charge is 2.13. The van der Waals surface area contributed by atoms with E-state index in [1.54, 1.807) is 30.1 Å². The highest BCUT2D eigenvalue weighted by Crippen LogP contribution is 2.25. The lowest BCUT2D eigenvalue weighted by molar-refractivity contribution is -0.111. The molecule has 1 amide bonds. The van der Waals surface area contributed by atoms with Crippen LogP contribution >= 0.6 is 0 Å². The summed E-state index contributed by atoms with van der Waals surface area (Å²) in [6.07, 6.45) is 2.82. The smallest absolute Gasteiger partial charge is 0.247 e. The Morgan fingerprint density at radius 2 is 1.97 bits per heavy atom. The molecule has 0 bridgehead atoms. The highest BCUT2D eigenvalue weighted by molar-refractivity contribution is 5.99. The van der Waals surface area contributed by atoms with E-state index in [2.05, 4.69) is 32.2 Å². The number of nitrogen functional groups attached to an aromatic ring is 1. The predicted octanol–water partition coefficient (Wildman–Crippen LogP) is 3.29. The number of amides is 1. The molecule has 4 rings (SSSR count). The van der Waals surface area contributed by atoms with Crippen LogP contribution in [0.15, 0.2) is 67.5 Å². The van der Waals surface area contributed by atoms with E-state index in [-0.39, 0.29) is 11.7 Å². The van der Waals surface area contributed by atoms with Crippen molar-refractivity contribution < 1.29 is 14.3 Å². The van der Waals surface area contributed by atoms with E-state index in [0.29, 0.717) is 36.0 Å². The molecule has 0 fully saturated rings. The van der Waals surface area contributed by atoms with Gasteiger partial charge in [-0.1, -0.05) is 12.6 Å². The monoisotopic (exact) mass is 445 g/mol. The summed E-state index contributed by atoms with van der Waals surface area (Å²) >= 11 is 0. The Kier molecular flexibility index (Phi) is 6.46. The van der Waals surface area contributed by atoms with E-state index >= 15 is 0 Å². The third kappa shape index (κ3) is 5.08. The van der Waals surface area contributed by atoms with Crippen LogP contribution in [0.5, 0.6) is 5.75 Å². The Morgan fingerprint density at radius 3 is 2.73 bits per heavy atom. The van der Waals surface area contributed by atoms with E-state index < -0.39 is 0 Å². The van der Waals surface area contributed by atoms with E-state index in [1.165, 1.54) is 6.08 Å². The molecule has 10 heteroatoms. The van der Waals surface area contributed by atoms with Crippen LogP contribution in [0, 0.1) is 0 Å². The lowest BCUT2D eigenvalue weighted by Gasteiger charge is -2.10. The topological polar surface area (TPSA) is 129 Å². The number of anilines is 4. The number of fused-ring (bicyclic) bond motifs is 1. The minimum Gasteiger partial charge on any atom is -0.491 e. The maximum atomic E-state index is 11.6. The molecule has 0 radical (unpaired) electrons. The first-order valence-corrected chi connectivity index (χ1v) is 10.1. The van der Waals surface area contributed by atoms with Crippen LogP contribution in [-0.2, 0) is 9.53 Å².